The van der Waals surface area contributed by atoms with Gasteiger partial charge in [0.2, 0.25) is 5.56 Å². The van der Waals surface area contributed by atoms with E-state index in [1.807, 2.05) is 41.9 Å². The fourth-order valence-corrected chi connectivity index (χ4v) is 2.70. The molecule has 21 heavy (non-hydrogen) atoms. The smallest absolute Gasteiger partial charge is 0.250 e. The lowest BCUT2D eigenvalue weighted by atomic mass is 10.0. The van der Waals surface area contributed by atoms with Gasteiger partial charge in [-0.05, 0) is 24.5 Å². The molecule has 2 heterocycles. The largest absolute Gasteiger partial charge is 0.307 e. The Bertz CT molecular complexity index is 815. The molecule has 0 fully saturated rings. The average molecular weight is 281 g/mol. The van der Waals surface area contributed by atoms with E-state index in [0.29, 0.717) is 0 Å². The summed E-state index contributed by atoms with van der Waals surface area (Å²) in [7, 11) is 0. The molecule has 0 aliphatic carbocycles. The van der Waals surface area contributed by atoms with Crippen LogP contribution in [0.25, 0.3) is 22.2 Å². The van der Waals surface area contributed by atoms with Gasteiger partial charge in [-0.2, -0.15) is 5.10 Å². The maximum absolute atomic E-state index is 12.0. The van der Waals surface area contributed by atoms with Crippen LogP contribution in [0.3, 0.4) is 0 Å². The predicted octanol–water partition coefficient (Wildman–Crippen LogP) is 3.50. The zero-order valence-corrected chi connectivity index (χ0v) is 12.4. The van der Waals surface area contributed by atoms with Crippen molar-refractivity contribution in [1.82, 2.24) is 14.8 Å². The molecule has 0 aliphatic heterocycles. The number of nitrogens with zero attached hydrogens (tertiary/aromatic N) is 2. The molecular weight excluding hydrogens is 262 g/mol. The second-order valence-corrected chi connectivity index (χ2v) is 5.30. The van der Waals surface area contributed by atoms with Crippen molar-refractivity contribution in [3.05, 3.63) is 52.4 Å². The Labute approximate surface area is 123 Å². The lowest BCUT2D eigenvalue weighted by Crippen LogP contribution is -2.08. The number of fused-ring (bicyclic) bond motifs is 1. The Kier molecular flexibility index (Phi) is 3.60. The number of aromatic nitrogens is 3. The van der Waals surface area contributed by atoms with Crippen molar-refractivity contribution in [1.29, 1.82) is 0 Å². The van der Waals surface area contributed by atoms with E-state index in [1.165, 1.54) is 0 Å². The van der Waals surface area contributed by atoms with Gasteiger partial charge in [0, 0.05) is 18.0 Å². The van der Waals surface area contributed by atoms with Crippen molar-refractivity contribution in [3.63, 3.8) is 0 Å². The van der Waals surface area contributed by atoms with E-state index in [0.717, 1.165) is 47.2 Å². The molecule has 0 saturated carbocycles. The van der Waals surface area contributed by atoms with Gasteiger partial charge in [-0.3, -0.25) is 4.79 Å². The van der Waals surface area contributed by atoms with Crippen LogP contribution in [0.5, 0.6) is 0 Å². The van der Waals surface area contributed by atoms with Crippen molar-refractivity contribution in [2.45, 2.75) is 33.2 Å². The summed E-state index contributed by atoms with van der Waals surface area (Å²) in [5, 5.41) is 5.64. The van der Waals surface area contributed by atoms with Crippen molar-refractivity contribution in [3.8, 4) is 11.1 Å². The molecule has 1 N–H and O–H groups in total. The van der Waals surface area contributed by atoms with Gasteiger partial charge >= 0.3 is 0 Å². The third kappa shape index (κ3) is 2.49. The van der Waals surface area contributed by atoms with E-state index in [-0.39, 0.29) is 5.56 Å². The van der Waals surface area contributed by atoms with Crippen LogP contribution in [0, 0.1) is 6.92 Å². The summed E-state index contributed by atoms with van der Waals surface area (Å²) >= 11 is 0. The number of aromatic amines is 1. The predicted molar refractivity (Wildman–Crippen MR) is 85.4 cm³/mol. The van der Waals surface area contributed by atoms with Gasteiger partial charge in [0.05, 0.1) is 5.69 Å². The molecule has 3 rings (SSSR count). The highest BCUT2D eigenvalue weighted by molar-refractivity contribution is 5.94. The molecule has 2 aromatic heterocycles. The van der Waals surface area contributed by atoms with E-state index in [2.05, 4.69) is 17.0 Å². The molecule has 0 amide bonds. The van der Waals surface area contributed by atoms with Gasteiger partial charge < -0.3 is 4.98 Å². The van der Waals surface area contributed by atoms with E-state index in [1.54, 1.807) is 6.07 Å². The number of nitrogens with one attached hydrogen (secondary N) is 1. The molecule has 3 aromatic rings. The molecule has 0 radical (unpaired) electrons. The molecule has 4 nitrogen and oxygen atoms in total. The van der Waals surface area contributed by atoms with Crippen molar-refractivity contribution < 1.29 is 0 Å². The summed E-state index contributed by atoms with van der Waals surface area (Å²) in [5.41, 5.74) is 3.70. The van der Waals surface area contributed by atoms with E-state index in [9.17, 15) is 4.79 Å². The Hall–Kier alpha value is -2.36. The van der Waals surface area contributed by atoms with Crippen LogP contribution in [0.1, 0.15) is 25.5 Å². The molecule has 0 unspecified atom stereocenters. The lowest BCUT2D eigenvalue weighted by Gasteiger charge is -2.05. The van der Waals surface area contributed by atoms with Crippen LogP contribution < -0.4 is 5.56 Å². The second-order valence-electron chi connectivity index (χ2n) is 5.30. The Balaban J connectivity index is 2.26. The molecule has 0 atom stereocenters. The van der Waals surface area contributed by atoms with E-state index in [4.69, 9.17) is 0 Å². The van der Waals surface area contributed by atoms with Crippen LogP contribution in [0.2, 0.25) is 0 Å². The number of hydrogen-bond acceptors (Lipinski definition) is 2. The first-order valence-electron chi connectivity index (χ1n) is 7.36. The Morgan fingerprint density at radius 3 is 2.71 bits per heavy atom. The minimum absolute atomic E-state index is 0.0843. The first-order valence-corrected chi connectivity index (χ1v) is 7.36. The third-order valence-electron chi connectivity index (χ3n) is 3.72. The fourth-order valence-electron chi connectivity index (χ4n) is 2.70. The van der Waals surface area contributed by atoms with Crippen LogP contribution in [0.15, 0.2) is 41.2 Å². The third-order valence-corrected chi connectivity index (χ3v) is 3.72. The summed E-state index contributed by atoms with van der Waals surface area (Å²) in [5.74, 6) is 0. The zero-order valence-electron chi connectivity index (χ0n) is 12.4. The van der Waals surface area contributed by atoms with Gasteiger partial charge in [0.15, 0.2) is 0 Å². The van der Waals surface area contributed by atoms with Gasteiger partial charge in [-0.25, -0.2) is 4.68 Å². The van der Waals surface area contributed by atoms with E-state index >= 15 is 0 Å². The molecule has 1 aromatic carbocycles. The first kappa shape index (κ1) is 13.6. The van der Waals surface area contributed by atoms with Gasteiger partial charge in [0.25, 0.3) is 0 Å². The summed E-state index contributed by atoms with van der Waals surface area (Å²) in [6.07, 6.45) is 2.15. The number of H-pyrrole nitrogens is 1. The maximum atomic E-state index is 12.0. The van der Waals surface area contributed by atoms with Gasteiger partial charge in [-0.1, -0.05) is 43.7 Å². The molecule has 0 spiro atoms. The van der Waals surface area contributed by atoms with Gasteiger partial charge in [-0.15, -0.1) is 0 Å². The second kappa shape index (κ2) is 5.56. The normalized spacial score (nSPS) is 11.1. The van der Waals surface area contributed by atoms with Crippen LogP contribution >= 0.6 is 0 Å². The maximum Gasteiger partial charge on any atom is 0.250 e. The highest BCUT2D eigenvalue weighted by Gasteiger charge is 2.14. The number of pyridine rings is 1. The first-order chi connectivity index (χ1) is 10.2. The van der Waals surface area contributed by atoms with Crippen molar-refractivity contribution in [2.24, 2.45) is 0 Å². The monoisotopic (exact) mass is 281 g/mol. The number of unbranched alkanes of at least 4 members (excludes halogenated alkanes) is 1. The highest BCUT2D eigenvalue weighted by Crippen LogP contribution is 2.28. The minimum atomic E-state index is -0.0843. The van der Waals surface area contributed by atoms with E-state index < -0.39 is 0 Å². The standard InChI is InChI=1S/C17H19N3O/c1-3-4-10-20-17-16(12(2)19-20)14(11-15(21)18-17)13-8-6-5-7-9-13/h5-9,11H,3-4,10H2,1-2H3,(H,18,21). The highest BCUT2D eigenvalue weighted by atomic mass is 16.1. The average Bonchev–Trinajstić information content (AvgIpc) is 2.81. The van der Waals surface area contributed by atoms with Crippen molar-refractivity contribution >= 4 is 11.0 Å². The number of hydrogen-bond donors (Lipinski definition) is 1. The van der Waals surface area contributed by atoms with Gasteiger partial charge in [0.1, 0.15) is 5.65 Å². The van der Waals surface area contributed by atoms with Crippen LogP contribution in [-0.2, 0) is 6.54 Å². The summed E-state index contributed by atoms with van der Waals surface area (Å²) in [6.45, 7) is 4.97. The summed E-state index contributed by atoms with van der Waals surface area (Å²) in [4.78, 5) is 15.0. The number of rotatable bonds is 4. The fraction of sp³-hybridized carbons (Fsp3) is 0.294. The van der Waals surface area contributed by atoms with Crippen molar-refractivity contribution in [2.75, 3.05) is 0 Å². The molecule has 0 saturated heterocycles. The zero-order chi connectivity index (χ0) is 14.8. The SMILES string of the molecule is CCCCn1nc(C)c2c(-c3ccccc3)cc(=O)[nH]c21. The molecule has 4 heteroatoms. The van der Waals surface area contributed by atoms with Crippen LogP contribution in [0.4, 0.5) is 0 Å². The molecule has 108 valence electrons. The Morgan fingerprint density at radius 1 is 1.24 bits per heavy atom. The number of aryl methyl sites for hydroxylation is 2. The quantitative estimate of drug-likeness (QED) is 0.795. The summed E-state index contributed by atoms with van der Waals surface area (Å²) < 4.78 is 1.92. The Morgan fingerprint density at radius 2 is 2.00 bits per heavy atom. The summed E-state index contributed by atoms with van der Waals surface area (Å²) in [6, 6.07) is 11.7. The minimum Gasteiger partial charge on any atom is -0.307 e. The number of benzene rings is 1. The molecular formula is C17H19N3O. The molecule has 0 bridgehead atoms. The van der Waals surface area contributed by atoms with Crippen LogP contribution in [-0.4, -0.2) is 14.8 Å². The topological polar surface area (TPSA) is 50.7 Å². The lowest BCUT2D eigenvalue weighted by molar-refractivity contribution is 0.580. The molecule has 0 aliphatic rings.